The molecule has 0 unspecified atom stereocenters. The van der Waals surface area contributed by atoms with Crippen LogP contribution in [0.5, 0.6) is 0 Å². The monoisotopic (exact) mass is 180 g/mol. The van der Waals surface area contributed by atoms with Crippen molar-refractivity contribution >= 4 is 16.6 Å². The molecule has 0 amide bonds. The second kappa shape index (κ2) is 2.79. The van der Waals surface area contributed by atoms with Crippen LogP contribution < -0.4 is 0 Å². The van der Waals surface area contributed by atoms with Crippen LogP contribution in [0.3, 0.4) is 0 Å². The van der Waals surface area contributed by atoms with Gasteiger partial charge in [-0.1, -0.05) is 24.3 Å². The third-order valence-corrected chi connectivity index (χ3v) is 2.57. The largest absolute Gasteiger partial charge is 0.282 e. The number of nitrogens with one attached hydrogen (secondary N) is 1. The summed E-state index contributed by atoms with van der Waals surface area (Å²) in [4.78, 5) is 0. The standard InChI is InChI=1S/C9H9ClN2/c1-2-6-3-4-8-7(9(6)10)5-11-12-8/h2,5H,1,3-4H2,(H,11,12). The maximum atomic E-state index is 6.10. The fourth-order valence-corrected chi connectivity index (χ4v) is 1.76. The summed E-state index contributed by atoms with van der Waals surface area (Å²) < 4.78 is 0. The van der Waals surface area contributed by atoms with E-state index in [1.54, 1.807) is 6.20 Å². The van der Waals surface area contributed by atoms with Gasteiger partial charge in [-0.2, -0.15) is 5.10 Å². The molecule has 1 aromatic rings. The minimum Gasteiger partial charge on any atom is -0.282 e. The number of hydrogen-bond acceptors (Lipinski definition) is 1. The van der Waals surface area contributed by atoms with Crippen LogP contribution in [0.2, 0.25) is 0 Å². The predicted octanol–water partition coefficient (Wildman–Crippen LogP) is 2.49. The number of H-pyrrole nitrogens is 1. The highest BCUT2D eigenvalue weighted by atomic mass is 35.5. The van der Waals surface area contributed by atoms with E-state index in [0.29, 0.717) is 0 Å². The van der Waals surface area contributed by atoms with Crippen molar-refractivity contribution in [2.45, 2.75) is 12.8 Å². The SMILES string of the molecule is C=CC1=C(Cl)c2cn[nH]c2CC1. The van der Waals surface area contributed by atoms with E-state index in [2.05, 4.69) is 16.8 Å². The minimum absolute atomic E-state index is 0.792. The number of allylic oxidation sites excluding steroid dienone is 2. The lowest BCUT2D eigenvalue weighted by atomic mass is 9.98. The molecule has 0 spiro atoms. The summed E-state index contributed by atoms with van der Waals surface area (Å²) in [5.74, 6) is 0. The summed E-state index contributed by atoms with van der Waals surface area (Å²) in [5.41, 5.74) is 3.27. The van der Waals surface area contributed by atoms with Crippen molar-refractivity contribution in [1.82, 2.24) is 10.2 Å². The summed E-state index contributed by atoms with van der Waals surface area (Å²) in [6.07, 6.45) is 5.52. The third kappa shape index (κ3) is 0.994. The van der Waals surface area contributed by atoms with Gasteiger partial charge in [0.2, 0.25) is 0 Å². The van der Waals surface area contributed by atoms with Crippen molar-refractivity contribution in [3.63, 3.8) is 0 Å². The van der Waals surface area contributed by atoms with Crippen molar-refractivity contribution in [1.29, 1.82) is 0 Å². The Labute approximate surface area is 75.9 Å². The van der Waals surface area contributed by atoms with Crippen LogP contribution in [0.4, 0.5) is 0 Å². The molecule has 0 fully saturated rings. The lowest BCUT2D eigenvalue weighted by Crippen LogP contribution is -1.99. The summed E-state index contributed by atoms with van der Waals surface area (Å²) in [6.45, 7) is 3.72. The van der Waals surface area contributed by atoms with Crippen LogP contribution in [0.25, 0.3) is 5.03 Å². The van der Waals surface area contributed by atoms with Gasteiger partial charge in [0.15, 0.2) is 0 Å². The van der Waals surface area contributed by atoms with Crippen LogP contribution in [-0.2, 0) is 6.42 Å². The second-order valence-corrected chi connectivity index (χ2v) is 3.18. The smallest absolute Gasteiger partial charge is 0.0577 e. The molecule has 0 saturated carbocycles. The lowest BCUT2D eigenvalue weighted by Gasteiger charge is -2.12. The first kappa shape index (κ1) is 7.62. The molecule has 62 valence electrons. The molecular weight excluding hydrogens is 172 g/mol. The molecule has 1 aliphatic rings. The Morgan fingerprint density at radius 2 is 2.42 bits per heavy atom. The van der Waals surface area contributed by atoms with E-state index in [9.17, 15) is 0 Å². The van der Waals surface area contributed by atoms with E-state index in [4.69, 9.17) is 11.6 Å². The molecule has 0 aromatic carbocycles. The first-order chi connectivity index (χ1) is 5.83. The normalized spacial score (nSPS) is 16.1. The van der Waals surface area contributed by atoms with Crippen LogP contribution in [0.15, 0.2) is 24.4 Å². The van der Waals surface area contributed by atoms with Crippen molar-refractivity contribution in [2.24, 2.45) is 0 Å². The quantitative estimate of drug-likeness (QED) is 0.707. The van der Waals surface area contributed by atoms with Crippen molar-refractivity contribution in [3.8, 4) is 0 Å². The predicted molar refractivity (Wildman–Crippen MR) is 49.9 cm³/mol. The summed E-state index contributed by atoms with van der Waals surface area (Å²) in [5, 5.41) is 7.67. The van der Waals surface area contributed by atoms with Crippen LogP contribution >= 0.6 is 11.6 Å². The van der Waals surface area contributed by atoms with Gasteiger partial charge >= 0.3 is 0 Å². The molecule has 1 N–H and O–H groups in total. The van der Waals surface area contributed by atoms with Gasteiger partial charge in [-0.25, -0.2) is 0 Å². The number of halogens is 1. The molecular formula is C9H9ClN2. The van der Waals surface area contributed by atoms with Crippen LogP contribution in [0, 0.1) is 0 Å². The average Bonchev–Trinajstić information content (AvgIpc) is 2.53. The molecule has 2 rings (SSSR count). The minimum atomic E-state index is 0.792. The molecule has 0 bridgehead atoms. The van der Waals surface area contributed by atoms with Crippen molar-refractivity contribution in [3.05, 3.63) is 35.7 Å². The number of rotatable bonds is 1. The number of aromatic nitrogens is 2. The lowest BCUT2D eigenvalue weighted by molar-refractivity contribution is 0.886. The van der Waals surface area contributed by atoms with E-state index in [0.717, 1.165) is 34.7 Å². The van der Waals surface area contributed by atoms with Gasteiger partial charge in [0.25, 0.3) is 0 Å². The topological polar surface area (TPSA) is 28.7 Å². The Morgan fingerprint density at radius 3 is 3.17 bits per heavy atom. The first-order valence-corrected chi connectivity index (χ1v) is 4.24. The molecule has 0 saturated heterocycles. The van der Waals surface area contributed by atoms with Gasteiger partial charge < -0.3 is 0 Å². The molecule has 3 heteroatoms. The highest BCUT2D eigenvalue weighted by molar-refractivity contribution is 6.49. The number of aryl methyl sites for hydroxylation is 1. The number of nitrogens with zero attached hydrogens (tertiary/aromatic N) is 1. The van der Waals surface area contributed by atoms with Gasteiger partial charge in [0.05, 0.1) is 11.2 Å². The first-order valence-electron chi connectivity index (χ1n) is 3.86. The van der Waals surface area contributed by atoms with Gasteiger partial charge in [-0.15, -0.1) is 0 Å². The Hall–Kier alpha value is -1.02. The van der Waals surface area contributed by atoms with Crippen molar-refractivity contribution < 1.29 is 0 Å². The van der Waals surface area contributed by atoms with E-state index in [1.165, 1.54) is 0 Å². The fourth-order valence-electron chi connectivity index (χ4n) is 1.43. The molecule has 0 radical (unpaired) electrons. The van der Waals surface area contributed by atoms with Crippen LogP contribution in [-0.4, -0.2) is 10.2 Å². The van der Waals surface area contributed by atoms with E-state index in [-0.39, 0.29) is 0 Å². The molecule has 0 aliphatic heterocycles. The fraction of sp³-hybridized carbons (Fsp3) is 0.222. The van der Waals surface area contributed by atoms with E-state index >= 15 is 0 Å². The Morgan fingerprint density at radius 1 is 1.58 bits per heavy atom. The number of aromatic amines is 1. The van der Waals surface area contributed by atoms with Gasteiger partial charge in [-0.3, -0.25) is 5.10 Å². The van der Waals surface area contributed by atoms with Crippen LogP contribution in [0.1, 0.15) is 17.7 Å². The Kier molecular flexibility index (Phi) is 1.77. The average molecular weight is 181 g/mol. The highest BCUT2D eigenvalue weighted by Gasteiger charge is 2.16. The summed E-state index contributed by atoms with van der Waals surface area (Å²) >= 11 is 6.10. The Bertz CT molecular complexity index is 349. The zero-order valence-electron chi connectivity index (χ0n) is 6.60. The molecule has 1 aliphatic carbocycles. The van der Waals surface area contributed by atoms with Gasteiger partial charge in [-0.05, 0) is 18.4 Å². The Balaban J connectivity index is 2.56. The molecule has 2 nitrogen and oxygen atoms in total. The highest BCUT2D eigenvalue weighted by Crippen LogP contribution is 2.32. The molecule has 0 atom stereocenters. The van der Waals surface area contributed by atoms with E-state index < -0.39 is 0 Å². The van der Waals surface area contributed by atoms with E-state index in [1.807, 2.05) is 6.08 Å². The molecule has 1 heterocycles. The maximum absolute atomic E-state index is 6.10. The number of hydrogen-bond donors (Lipinski definition) is 1. The molecule has 1 aromatic heterocycles. The summed E-state index contributed by atoms with van der Waals surface area (Å²) in [7, 11) is 0. The third-order valence-electron chi connectivity index (χ3n) is 2.13. The van der Waals surface area contributed by atoms with Crippen molar-refractivity contribution in [2.75, 3.05) is 0 Å². The maximum Gasteiger partial charge on any atom is 0.0577 e. The number of fused-ring (bicyclic) bond motifs is 1. The zero-order valence-corrected chi connectivity index (χ0v) is 7.36. The summed E-state index contributed by atoms with van der Waals surface area (Å²) in [6, 6.07) is 0. The second-order valence-electron chi connectivity index (χ2n) is 2.81. The zero-order chi connectivity index (χ0) is 8.55. The molecule has 12 heavy (non-hydrogen) atoms. The van der Waals surface area contributed by atoms with Gasteiger partial charge in [0, 0.05) is 11.3 Å². The van der Waals surface area contributed by atoms with Gasteiger partial charge in [0.1, 0.15) is 0 Å².